The largest absolute Gasteiger partial charge is 0.480 e. The Balaban J connectivity index is 2.08. The van der Waals surface area contributed by atoms with Crippen LogP contribution in [0.4, 0.5) is 0 Å². The molecule has 1 amide bonds. The fourth-order valence-electron chi connectivity index (χ4n) is 1.69. The second-order valence-corrected chi connectivity index (χ2v) is 5.13. The maximum Gasteiger partial charge on any atom is 0.325 e. The second-order valence-electron chi connectivity index (χ2n) is 4.09. The second kappa shape index (κ2) is 6.29. The molecule has 20 heavy (non-hydrogen) atoms. The van der Waals surface area contributed by atoms with Crippen molar-refractivity contribution in [3.8, 4) is 0 Å². The molecule has 0 saturated heterocycles. The van der Waals surface area contributed by atoms with E-state index in [0.29, 0.717) is 13.1 Å². The van der Waals surface area contributed by atoms with Crippen molar-refractivity contribution in [2.24, 2.45) is 0 Å². The van der Waals surface area contributed by atoms with Gasteiger partial charge in [-0.2, -0.15) is 0 Å². The molecule has 0 fully saturated rings. The highest BCUT2D eigenvalue weighted by molar-refractivity contribution is 7.09. The Morgan fingerprint density at radius 3 is 2.90 bits per heavy atom. The molecule has 0 atom stereocenters. The third-order valence-electron chi connectivity index (χ3n) is 2.65. The van der Waals surface area contributed by atoms with E-state index in [1.807, 2.05) is 24.4 Å². The molecule has 2 aromatic heterocycles. The van der Waals surface area contributed by atoms with E-state index in [0.717, 1.165) is 9.56 Å². The third-order valence-corrected chi connectivity index (χ3v) is 3.51. The van der Waals surface area contributed by atoms with E-state index in [1.54, 1.807) is 16.2 Å². The van der Waals surface area contributed by atoms with E-state index in [9.17, 15) is 9.59 Å². The first-order chi connectivity index (χ1) is 9.60. The number of carboxylic acids is 1. The lowest BCUT2D eigenvalue weighted by molar-refractivity contribution is -0.137. The molecule has 8 heteroatoms. The fraction of sp³-hybridized carbons (Fsp3) is 0.333. The number of amides is 1. The topological polar surface area (TPSA) is 88.3 Å². The van der Waals surface area contributed by atoms with Crippen molar-refractivity contribution in [3.63, 3.8) is 0 Å². The number of carbonyl (C=O) groups excluding carboxylic acids is 1. The minimum atomic E-state index is -1.03. The smallest absolute Gasteiger partial charge is 0.325 e. The molecular weight excluding hydrogens is 280 g/mol. The van der Waals surface area contributed by atoms with Crippen molar-refractivity contribution in [2.75, 3.05) is 6.54 Å². The minimum Gasteiger partial charge on any atom is -0.480 e. The number of rotatable bonds is 6. The Kier molecular flexibility index (Phi) is 4.46. The van der Waals surface area contributed by atoms with Gasteiger partial charge in [-0.25, -0.2) is 4.68 Å². The molecule has 2 aromatic rings. The van der Waals surface area contributed by atoms with Crippen LogP contribution in [0.5, 0.6) is 0 Å². The van der Waals surface area contributed by atoms with Gasteiger partial charge in [0.05, 0.1) is 12.7 Å². The zero-order valence-corrected chi connectivity index (χ0v) is 11.7. The maximum atomic E-state index is 12.3. The van der Waals surface area contributed by atoms with Gasteiger partial charge in [-0.15, -0.1) is 16.4 Å². The van der Waals surface area contributed by atoms with E-state index in [2.05, 4.69) is 10.3 Å². The highest BCUT2D eigenvalue weighted by Crippen LogP contribution is 2.13. The molecule has 0 aliphatic heterocycles. The van der Waals surface area contributed by atoms with Crippen LogP contribution in [0.1, 0.15) is 22.3 Å². The normalized spacial score (nSPS) is 10.4. The summed E-state index contributed by atoms with van der Waals surface area (Å²) in [6.07, 6.45) is 1.35. The molecule has 106 valence electrons. The Morgan fingerprint density at radius 1 is 1.50 bits per heavy atom. The summed E-state index contributed by atoms with van der Waals surface area (Å²) < 4.78 is 1.13. The van der Waals surface area contributed by atoms with Gasteiger partial charge in [-0.1, -0.05) is 11.3 Å². The van der Waals surface area contributed by atoms with Crippen LogP contribution in [0.2, 0.25) is 0 Å². The molecule has 0 aliphatic rings. The summed E-state index contributed by atoms with van der Waals surface area (Å²) in [4.78, 5) is 25.6. The number of carbonyl (C=O) groups is 2. The summed E-state index contributed by atoms with van der Waals surface area (Å²) in [6.45, 7) is 2.63. The van der Waals surface area contributed by atoms with Gasteiger partial charge in [-0.05, 0) is 18.4 Å². The Hall–Kier alpha value is -2.22. The SMILES string of the molecule is CCN(Cc1cccs1)C(=O)c1cn(CC(=O)O)nn1. The van der Waals surface area contributed by atoms with Crippen LogP contribution < -0.4 is 0 Å². The number of hydrogen-bond donors (Lipinski definition) is 1. The van der Waals surface area contributed by atoms with Crippen LogP contribution in [0, 0.1) is 0 Å². The van der Waals surface area contributed by atoms with Gasteiger partial charge in [0.15, 0.2) is 5.69 Å². The van der Waals surface area contributed by atoms with Crippen molar-refractivity contribution in [2.45, 2.75) is 20.0 Å². The lowest BCUT2D eigenvalue weighted by Gasteiger charge is -2.18. The minimum absolute atomic E-state index is 0.157. The van der Waals surface area contributed by atoms with E-state index >= 15 is 0 Å². The first-order valence-electron chi connectivity index (χ1n) is 6.03. The molecule has 0 aromatic carbocycles. The van der Waals surface area contributed by atoms with E-state index in [-0.39, 0.29) is 18.1 Å². The summed E-state index contributed by atoms with van der Waals surface area (Å²) in [7, 11) is 0. The quantitative estimate of drug-likeness (QED) is 0.861. The lowest BCUT2D eigenvalue weighted by atomic mass is 10.3. The molecule has 0 spiro atoms. The van der Waals surface area contributed by atoms with E-state index in [4.69, 9.17) is 5.11 Å². The van der Waals surface area contributed by atoms with Gasteiger partial charge in [0.25, 0.3) is 5.91 Å². The van der Waals surface area contributed by atoms with Gasteiger partial charge in [-0.3, -0.25) is 9.59 Å². The van der Waals surface area contributed by atoms with Crippen molar-refractivity contribution in [1.82, 2.24) is 19.9 Å². The molecule has 0 saturated carbocycles. The van der Waals surface area contributed by atoms with Gasteiger partial charge >= 0.3 is 5.97 Å². The number of hydrogen-bond acceptors (Lipinski definition) is 5. The van der Waals surface area contributed by atoms with Crippen LogP contribution in [0.3, 0.4) is 0 Å². The monoisotopic (exact) mass is 294 g/mol. The highest BCUT2D eigenvalue weighted by atomic mass is 32.1. The van der Waals surface area contributed by atoms with E-state index in [1.165, 1.54) is 6.20 Å². The van der Waals surface area contributed by atoms with Crippen molar-refractivity contribution < 1.29 is 14.7 Å². The van der Waals surface area contributed by atoms with Crippen LogP contribution in [0.15, 0.2) is 23.7 Å². The molecule has 2 rings (SSSR count). The summed E-state index contributed by atoms with van der Waals surface area (Å²) in [5, 5.41) is 18.0. The highest BCUT2D eigenvalue weighted by Gasteiger charge is 2.18. The molecule has 0 bridgehead atoms. The van der Waals surface area contributed by atoms with Crippen molar-refractivity contribution >= 4 is 23.2 Å². The summed E-state index contributed by atoms with van der Waals surface area (Å²) in [6, 6.07) is 3.89. The van der Waals surface area contributed by atoms with Crippen molar-refractivity contribution in [1.29, 1.82) is 0 Å². The molecule has 0 unspecified atom stereocenters. The zero-order valence-electron chi connectivity index (χ0n) is 10.9. The molecule has 7 nitrogen and oxygen atoms in total. The third kappa shape index (κ3) is 3.41. The Labute approximate surface area is 119 Å². The Morgan fingerprint density at radius 2 is 2.30 bits per heavy atom. The number of aromatic nitrogens is 3. The number of nitrogens with zero attached hydrogens (tertiary/aromatic N) is 4. The predicted molar refractivity (Wildman–Crippen MR) is 72.4 cm³/mol. The Bertz CT molecular complexity index is 594. The first-order valence-corrected chi connectivity index (χ1v) is 6.91. The summed E-state index contributed by atoms with van der Waals surface area (Å²) >= 11 is 1.58. The van der Waals surface area contributed by atoms with Gasteiger partial charge in [0.1, 0.15) is 6.54 Å². The standard InChI is InChI=1S/C12H14N4O3S/c1-2-15(6-9-4-3-5-20-9)12(19)10-7-16(14-13-10)8-11(17)18/h3-5,7H,2,6,8H2,1H3,(H,17,18). The molecule has 2 heterocycles. The van der Waals surface area contributed by atoms with E-state index < -0.39 is 5.97 Å². The van der Waals surface area contributed by atoms with Crippen LogP contribution in [-0.2, 0) is 17.9 Å². The summed E-state index contributed by atoms with van der Waals surface area (Å²) in [5.74, 6) is -1.28. The maximum absolute atomic E-state index is 12.3. The molecule has 0 radical (unpaired) electrons. The van der Waals surface area contributed by atoms with Crippen LogP contribution >= 0.6 is 11.3 Å². The van der Waals surface area contributed by atoms with Gasteiger partial charge in [0, 0.05) is 11.4 Å². The number of thiophene rings is 1. The predicted octanol–water partition coefficient (Wildman–Crippen LogP) is 1.09. The molecule has 0 aliphatic carbocycles. The first kappa shape index (κ1) is 14.2. The number of carboxylic acid groups (broad SMARTS) is 1. The molecule has 1 N–H and O–H groups in total. The summed E-state index contributed by atoms with van der Waals surface area (Å²) in [5.41, 5.74) is 0.157. The average Bonchev–Trinajstić information content (AvgIpc) is 3.05. The molecular formula is C12H14N4O3S. The van der Waals surface area contributed by atoms with Gasteiger partial charge in [0.2, 0.25) is 0 Å². The zero-order chi connectivity index (χ0) is 14.5. The fourth-order valence-corrected chi connectivity index (χ4v) is 2.41. The number of aliphatic carboxylic acids is 1. The average molecular weight is 294 g/mol. The van der Waals surface area contributed by atoms with Gasteiger partial charge < -0.3 is 10.0 Å². The van der Waals surface area contributed by atoms with Crippen molar-refractivity contribution in [3.05, 3.63) is 34.3 Å². The lowest BCUT2D eigenvalue weighted by Crippen LogP contribution is -2.30. The van der Waals surface area contributed by atoms with Crippen LogP contribution in [0.25, 0.3) is 0 Å². The van der Waals surface area contributed by atoms with Crippen LogP contribution in [-0.4, -0.2) is 43.4 Å².